The summed E-state index contributed by atoms with van der Waals surface area (Å²) in [4.78, 5) is 28.8. The zero-order valence-corrected chi connectivity index (χ0v) is 21.9. The van der Waals surface area contributed by atoms with Crippen LogP contribution in [0.4, 0.5) is 11.4 Å². The van der Waals surface area contributed by atoms with Gasteiger partial charge in [0.15, 0.2) is 0 Å². The lowest BCUT2D eigenvalue weighted by atomic mass is 9.85. The fourth-order valence-electron chi connectivity index (χ4n) is 5.31. The third-order valence-electron chi connectivity index (χ3n) is 7.53. The van der Waals surface area contributed by atoms with Gasteiger partial charge in [0.05, 0.1) is 6.04 Å². The molecule has 0 saturated heterocycles. The maximum atomic E-state index is 13.0. The van der Waals surface area contributed by atoms with Crippen molar-refractivity contribution in [1.82, 2.24) is 15.6 Å². The van der Waals surface area contributed by atoms with E-state index in [-0.39, 0.29) is 29.7 Å². The number of amides is 2. The Morgan fingerprint density at radius 3 is 2.51 bits per heavy atom. The van der Waals surface area contributed by atoms with Gasteiger partial charge in [-0.2, -0.15) is 0 Å². The molecule has 3 aliphatic rings. The molecule has 5 N–H and O–H groups in total. The van der Waals surface area contributed by atoms with Crippen LogP contribution in [0.3, 0.4) is 0 Å². The van der Waals surface area contributed by atoms with Gasteiger partial charge in [-0.3, -0.25) is 9.59 Å². The Bertz CT molecular complexity index is 1590. The molecule has 7 heteroatoms. The molecule has 1 aromatic heterocycles. The molecule has 4 unspecified atom stereocenters. The molecule has 0 spiro atoms. The van der Waals surface area contributed by atoms with E-state index in [4.69, 9.17) is 0 Å². The Kier molecular flexibility index (Phi) is 6.40. The van der Waals surface area contributed by atoms with Crippen molar-refractivity contribution in [2.75, 3.05) is 10.6 Å². The Hall–Kier alpha value is -4.78. The van der Waals surface area contributed by atoms with Gasteiger partial charge < -0.3 is 26.3 Å². The first-order chi connectivity index (χ1) is 18.9. The number of aromatic nitrogens is 1. The summed E-state index contributed by atoms with van der Waals surface area (Å²) < 4.78 is 0. The molecule has 0 radical (unpaired) electrons. The second-order valence-corrected chi connectivity index (χ2v) is 10.4. The first-order valence-corrected chi connectivity index (χ1v) is 13.3. The second kappa shape index (κ2) is 10.2. The Labute approximate surface area is 227 Å². The lowest BCUT2D eigenvalue weighted by molar-refractivity contribution is -0.117. The zero-order chi connectivity index (χ0) is 26.9. The molecule has 6 rings (SSSR count). The van der Waals surface area contributed by atoms with Crippen LogP contribution in [0.5, 0.6) is 0 Å². The van der Waals surface area contributed by atoms with E-state index in [1.807, 2.05) is 85.2 Å². The van der Waals surface area contributed by atoms with Gasteiger partial charge >= 0.3 is 0 Å². The molecule has 3 aromatic rings. The van der Waals surface area contributed by atoms with Crippen molar-refractivity contribution in [2.24, 2.45) is 17.8 Å². The highest BCUT2D eigenvalue weighted by atomic mass is 16.2. The largest absolute Gasteiger partial charge is 0.365 e. The number of benzene rings is 2. The molecule has 2 heterocycles. The molecule has 1 aliphatic heterocycles. The normalized spacial score (nSPS) is 23.3. The molecular weight excluding hydrogens is 486 g/mol. The van der Waals surface area contributed by atoms with E-state index in [0.29, 0.717) is 17.1 Å². The number of carbonyl (C=O) groups is 2. The average Bonchev–Trinajstić information content (AvgIpc) is 3.60. The molecular formula is C32H31N5O2. The third-order valence-corrected chi connectivity index (χ3v) is 7.53. The number of rotatable bonds is 6. The van der Waals surface area contributed by atoms with Gasteiger partial charge in [-0.25, -0.2) is 0 Å². The summed E-state index contributed by atoms with van der Waals surface area (Å²) in [5, 5.41) is 13.9. The van der Waals surface area contributed by atoms with Crippen LogP contribution in [-0.2, 0) is 4.79 Å². The van der Waals surface area contributed by atoms with E-state index >= 15 is 0 Å². The molecule has 2 aliphatic carbocycles. The molecule has 0 saturated carbocycles. The van der Waals surface area contributed by atoms with E-state index < -0.39 is 0 Å². The monoisotopic (exact) mass is 517 g/mol. The molecule has 0 fully saturated rings. The van der Waals surface area contributed by atoms with Gasteiger partial charge in [-0.15, -0.1) is 0 Å². The fraction of sp³-hybridized carbons (Fsp3) is 0.188. The third kappa shape index (κ3) is 5.16. The first kappa shape index (κ1) is 24.6. The quantitative estimate of drug-likeness (QED) is 0.294. The van der Waals surface area contributed by atoms with Gasteiger partial charge in [0.2, 0.25) is 0 Å². The maximum Gasteiger partial charge on any atom is 0.255 e. The highest BCUT2D eigenvalue weighted by Gasteiger charge is 2.28. The summed E-state index contributed by atoms with van der Waals surface area (Å²) in [7, 11) is 0. The summed E-state index contributed by atoms with van der Waals surface area (Å²) in [6.07, 6.45) is 16.1. The van der Waals surface area contributed by atoms with Gasteiger partial charge in [0, 0.05) is 57.5 Å². The summed E-state index contributed by atoms with van der Waals surface area (Å²) in [6.45, 7) is 4.23. The molecule has 2 aromatic carbocycles. The summed E-state index contributed by atoms with van der Waals surface area (Å²) in [5.41, 5.74) is 5.91. The van der Waals surface area contributed by atoms with Crippen LogP contribution in [0.25, 0.3) is 10.9 Å². The molecule has 2 amide bonds. The van der Waals surface area contributed by atoms with Crippen molar-refractivity contribution in [1.29, 1.82) is 0 Å². The zero-order valence-electron chi connectivity index (χ0n) is 21.9. The Balaban J connectivity index is 1.04. The molecule has 4 atom stereocenters. The van der Waals surface area contributed by atoms with E-state index in [9.17, 15) is 9.59 Å². The highest BCUT2D eigenvalue weighted by molar-refractivity contribution is 6.06. The number of carbonyl (C=O) groups excluding carboxylic acids is 2. The van der Waals surface area contributed by atoms with Gasteiger partial charge in [-0.1, -0.05) is 44.2 Å². The second-order valence-electron chi connectivity index (χ2n) is 10.4. The number of fused-ring (bicyclic) bond motifs is 2. The summed E-state index contributed by atoms with van der Waals surface area (Å²) >= 11 is 0. The van der Waals surface area contributed by atoms with Crippen molar-refractivity contribution in [3.8, 4) is 0 Å². The minimum atomic E-state index is -0.155. The van der Waals surface area contributed by atoms with Gasteiger partial charge in [-0.05, 0) is 72.1 Å². The van der Waals surface area contributed by atoms with Gasteiger partial charge in [0.1, 0.15) is 0 Å². The van der Waals surface area contributed by atoms with Crippen LogP contribution < -0.4 is 21.3 Å². The van der Waals surface area contributed by atoms with Crippen LogP contribution in [0.2, 0.25) is 0 Å². The lowest BCUT2D eigenvalue weighted by Gasteiger charge is -2.27. The van der Waals surface area contributed by atoms with Crippen molar-refractivity contribution < 1.29 is 9.59 Å². The molecule has 39 heavy (non-hydrogen) atoms. The SMILES string of the molecule is CC1C=C(Nc2ccc(NC(=O)c3ccc4cc[nH]c4c3)cc2)C=CC1NC(=O)C1=CC(C)C2C=CNC2=C1. The van der Waals surface area contributed by atoms with Crippen LogP contribution in [0.1, 0.15) is 24.2 Å². The van der Waals surface area contributed by atoms with E-state index in [2.05, 4.69) is 52.3 Å². The topological polar surface area (TPSA) is 98.0 Å². The van der Waals surface area contributed by atoms with Crippen LogP contribution in [-0.4, -0.2) is 22.8 Å². The lowest BCUT2D eigenvalue weighted by Crippen LogP contribution is -2.40. The van der Waals surface area contributed by atoms with E-state index in [1.165, 1.54) is 0 Å². The van der Waals surface area contributed by atoms with Crippen molar-refractivity contribution in [2.45, 2.75) is 19.9 Å². The smallest absolute Gasteiger partial charge is 0.255 e. The Morgan fingerprint density at radius 2 is 1.69 bits per heavy atom. The fourth-order valence-corrected chi connectivity index (χ4v) is 5.31. The van der Waals surface area contributed by atoms with Gasteiger partial charge in [0.25, 0.3) is 11.8 Å². The number of anilines is 2. The van der Waals surface area contributed by atoms with E-state index in [0.717, 1.165) is 33.7 Å². The van der Waals surface area contributed by atoms with Crippen molar-refractivity contribution >= 4 is 34.1 Å². The number of H-pyrrole nitrogens is 1. The molecule has 7 nitrogen and oxygen atoms in total. The summed E-state index contributed by atoms with van der Waals surface area (Å²) in [6, 6.07) is 15.1. The van der Waals surface area contributed by atoms with Crippen LogP contribution in [0, 0.1) is 17.8 Å². The van der Waals surface area contributed by atoms with Crippen molar-refractivity contribution in [3.05, 3.63) is 120 Å². The number of allylic oxidation sites excluding steroid dienone is 3. The molecule has 0 bridgehead atoms. The standard InChI is InChI=1S/C32H31N5O2/c1-19-15-23(18-30-27(19)12-14-34-30)32(39)37-28-10-9-26(16-20(28)2)35-24-5-7-25(8-6-24)36-31(38)22-4-3-21-11-13-33-29(21)17-22/h3-20,27-28,33-35H,1-2H3,(H,36,38)(H,37,39). The number of hydrogen-bond acceptors (Lipinski definition) is 4. The summed E-state index contributed by atoms with van der Waals surface area (Å²) in [5.74, 6) is 0.512. The van der Waals surface area contributed by atoms with E-state index in [1.54, 1.807) is 0 Å². The average molecular weight is 518 g/mol. The Morgan fingerprint density at radius 1 is 0.872 bits per heavy atom. The predicted octanol–water partition coefficient (Wildman–Crippen LogP) is 5.60. The molecule has 196 valence electrons. The highest BCUT2D eigenvalue weighted by Crippen LogP contribution is 2.32. The minimum Gasteiger partial charge on any atom is -0.365 e. The number of aromatic amines is 1. The number of nitrogens with one attached hydrogen (secondary N) is 5. The van der Waals surface area contributed by atoms with Crippen molar-refractivity contribution in [3.63, 3.8) is 0 Å². The van der Waals surface area contributed by atoms with Crippen LogP contribution >= 0.6 is 0 Å². The number of hydrogen-bond donors (Lipinski definition) is 5. The maximum absolute atomic E-state index is 13.0. The predicted molar refractivity (Wildman–Crippen MR) is 156 cm³/mol. The van der Waals surface area contributed by atoms with Crippen LogP contribution in [0.15, 0.2) is 114 Å². The minimum absolute atomic E-state index is 0.0572. The first-order valence-electron chi connectivity index (χ1n) is 13.3.